The zero-order valence-electron chi connectivity index (χ0n) is 9.45. The Morgan fingerprint density at radius 1 is 1.19 bits per heavy atom. The fourth-order valence-corrected chi connectivity index (χ4v) is 2.39. The van der Waals surface area contributed by atoms with Crippen molar-refractivity contribution in [1.29, 1.82) is 0 Å². The maximum Gasteiger partial charge on any atom is 0.108 e. The minimum absolute atomic E-state index is 1.04. The van der Waals surface area contributed by atoms with E-state index in [1.54, 1.807) is 0 Å². The number of likely N-dealkylation sites (tertiary alicyclic amines) is 1. The quantitative estimate of drug-likeness (QED) is 0.851. The second-order valence-corrected chi connectivity index (χ2v) is 4.50. The molecule has 0 radical (unpaired) electrons. The molecule has 1 aliphatic rings. The number of aromatic amines is 1. The van der Waals surface area contributed by atoms with Crippen LogP contribution in [0.3, 0.4) is 0 Å². The molecule has 16 heavy (non-hydrogen) atoms. The van der Waals surface area contributed by atoms with Gasteiger partial charge >= 0.3 is 0 Å². The van der Waals surface area contributed by atoms with Gasteiger partial charge in [-0.05, 0) is 38.1 Å². The normalized spacial score (nSPS) is 17.2. The highest BCUT2D eigenvalue weighted by Crippen LogP contribution is 2.12. The van der Waals surface area contributed by atoms with Gasteiger partial charge < -0.3 is 9.88 Å². The van der Waals surface area contributed by atoms with Crippen LogP contribution in [0.15, 0.2) is 24.3 Å². The predicted octanol–water partition coefficient (Wildman–Crippen LogP) is 2.20. The van der Waals surface area contributed by atoms with E-state index in [4.69, 9.17) is 0 Å². The maximum atomic E-state index is 4.59. The van der Waals surface area contributed by atoms with E-state index in [0.717, 1.165) is 29.8 Å². The summed E-state index contributed by atoms with van der Waals surface area (Å²) in [5.41, 5.74) is 2.23. The highest BCUT2D eigenvalue weighted by molar-refractivity contribution is 5.74. The molecule has 0 saturated carbocycles. The molecule has 1 saturated heterocycles. The van der Waals surface area contributed by atoms with Crippen LogP contribution in [0.25, 0.3) is 11.0 Å². The molecule has 3 heteroatoms. The molecule has 0 amide bonds. The molecule has 0 spiro atoms. The van der Waals surface area contributed by atoms with Crippen LogP contribution in [0, 0.1) is 0 Å². The number of nitrogens with zero attached hydrogens (tertiary/aromatic N) is 2. The van der Waals surface area contributed by atoms with Crippen molar-refractivity contribution >= 4 is 11.0 Å². The lowest BCUT2D eigenvalue weighted by molar-refractivity contribution is 0.341. The third-order valence-corrected chi connectivity index (χ3v) is 3.30. The molecule has 2 aromatic rings. The Kier molecular flexibility index (Phi) is 2.62. The van der Waals surface area contributed by atoms with Crippen molar-refractivity contribution < 1.29 is 0 Å². The van der Waals surface area contributed by atoms with Gasteiger partial charge in [-0.25, -0.2) is 4.98 Å². The maximum absolute atomic E-state index is 4.59. The second-order valence-electron chi connectivity index (χ2n) is 4.50. The summed E-state index contributed by atoms with van der Waals surface area (Å²) in [6, 6.07) is 8.23. The van der Waals surface area contributed by atoms with Gasteiger partial charge in [0, 0.05) is 13.0 Å². The third kappa shape index (κ3) is 1.95. The van der Waals surface area contributed by atoms with Crippen LogP contribution in [0.5, 0.6) is 0 Å². The number of rotatable bonds is 3. The SMILES string of the molecule is c1ccc2[nH]c(CCN3CCCC3)nc2c1. The molecule has 0 aliphatic carbocycles. The van der Waals surface area contributed by atoms with Crippen molar-refractivity contribution in [2.75, 3.05) is 19.6 Å². The van der Waals surface area contributed by atoms with Crippen molar-refractivity contribution in [1.82, 2.24) is 14.9 Å². The molecule has 1 aliphatic heterocycles. The average Bonchev–Trinajstić information content (AvgIpc) is 2.95. The summed E-state index contributed by atoms with van der Waals surface area (Å²) in [6.07, 6.45) is 3.76. The number of benzene rings is 1. The van der Waals surface area contributed by atoms with Crippen LogP contribution in [0.2, 0.25) is 0 Å². The zero-order valence-corrected chi connectivity index (χ0v) is 9.45. The molecule has 1 aromatic heterocycles. The van der Waals surface area contributed by atoms with E-state index in [1.165, 1.54) is 25.9 Å². The first-order valence-electron chi connectivity index (χ1n) is 6.08. The number of aromatic nitrogens is 2. The van der Waals surface area contributed by atoms with E-state index in [0.29, 0.717) is 0 Å². The molecule has 1 N–H and O–H groups in total. The molecule has 3 nitrogen and oxygen atoms in total. The molecule has 0 unspecified atom stereocenters. The summed E-state index contributed by atoms with van der Waals surface area (Å²) in [5.74, 6) is 1.12. The number of hydrogen-bond acceptors (Lipinski definition) is 2. The molecular weight excluding hydrogens is 198 g/mol. The Balaban J connectivity index is 1.69. The Labute approximate surface area is 95.5 Å². The molecular formula is C13H17N3. The number of imidazole rings is 1. The van der Waals surface area contributed by atoms with Crippen LogP contribution in [0.1, 0.15) is 18.7 Å². The molecule has 84 valence electrons. The number of hydrogen-bond donors (Lipinski definition) is 1. The lowest BCUT2D eigenvalue weighted by atomic mass is 10.3. The lowest BCUT2D eigenvalue weighted by Crippen LogP contribution is -2.22. The summed E-state index contributed by atoms with van der Waals surface area (Å²) in [7, 11) is 0. The van der Waals surface area contributed by atoms with Gasteiger partial charge in [-0.2, -0.15) is 0 Å². The molecule has 1 aromatic carbocycles. The van der Waals surface area contributed by atoms with Gasteiger partial charge in [0.05, 0.1) is 11.0 Å². The van der Waals surface area contributed by atoms with Crippen molar-refractivity contribution in [2.45, 2.75) is 19.3 Å². The first kappa shape index (κ1) is 9.85. The molecule has 0 bridgehead atoms. The lowest BCUT2D eigenvalue weighted by Gasteiger charge is -2.12. The van der Waals surface area contributed by atoms with Crippen LogP contribution < -0.4 is 0 Å². The second kappa shape index (κ2) is 4.26. The van der Waals surface area contributed by atoms with E-state index in [9.17, 15) is 0 Å². The number of fused-ring (bicyclic) bond motifs is 1. The van der Waals surface area contributed by atoms with E-state index in [2.05, 4.69) is 27.0 Å². The largest absolute Gasteiger partial charge is 0.342 e. The van der Waals surface area contributed by atoms with Gasteiger partial charge in [-0.1, -0.05) is 12.1 Å². The minimum Gasteiger partial charge on any atom is -0.342 e. The van der Waals surface area contributed by atoms with Crippen LogP contribution in [-0.4, -0.2) is 34.5 Å². The van der Waals surface area contributed by atoms with Gasteiger partial charge in [-0.15, -0.1) is 0 Å². The smallest absolute Gasteiger partial charge is 0.108 e. The Hall–Kier alpha value is -1.35. The topological polar surface area (TPSA) is 31.9 Å². The number of H-pyrrole nitrogens is 1. The van der Waals surface area contributed by atoms with Gasteiger partial charge in [-0.3, -0.25) is 0 Å². The molecule has 1 fully saturated rings. The fraction of sp³-hybridized carbons (Fsp3) is 0.462. The first-order valence-corrected chi connectivity index (χ1v) is 6.08. The van der Waals surface area contributed by atoms with E-state index in [-0.39, 0.29) is 0 Å². The Bertz CT molecular complexity index is 436. The van der Waals surface area contributed by atoms with E-state index in [1.807, 2.05) is 12.1 Å². The van der Waals surface area contributed by atoms with Crippen LogP contribution in [-0.2, 0) is 6.42 Å². The van der Waals surface area contributed by atoms with Gasteiger partial charge in [0.25, 0.3) is 0 Å². The van der Waals surface area contributed by atoms with E-state index >= 15 is 0 Å². The van der Waals surface area contributed by atoms with Gasteiger partial charge in [0.2, 0.25) is 0 Å². The molecule has 0 atom stereocenters. The summed E-state index contributed by atoms with van der Waals surface area (Å²) < 4.78 is 0. The standard InChI is InChI=1S/C13H17N3/c1-2-6-12-11(5-1)14-13(15-12)7-10-16-8-3-4-9-16/h1-2,5-6H,3-4,7-10H2,(H,14,15). The highest BCUT2D eigenvalue weighted by atomic mass is 15.1. The third-order valence-electron chi connectivity index (χ3n) is 3.30. The zero-order chi connectivity index (χ0) is 10.8. The highest BCUT2D eigenvalue weighted by Gasteiger charge is 2.11. The van der Waals surface area contributed by atoms with Gasteiger partial charge in [0.15, 0.2) is 0 Å². The van der Waals surface area contributed by atoms with Crippen LogP contribution in [0.4, 0.5) is 0 Å². The van der Waals surface area contributed by atoms with Crippen molar-refractivity contribution in [3.8, 4) is 0 Å². The molecule has 3 rings (SSSR count). The summed E-state index contributed by atoms with van der Waals surface area (Å²) in [4.78, 5) is 10.5. The Morgan fingerprint density at radius 2 is 2.00 bits per heavy atom. The Morgan fingerprint density at radius 3 is 2.81 bits per heavy atom. The monoisotopic (exact) mass is 215 g/mol. The van der Waals surface area contributed by atoms with Crippen LogP contribution >= 0.6 is 0 Å². The van der Waals surface area contributed by atoms with Gasteiger partial charge in [0.1, 0.15) is 5.82 Å². The van der Waals surface area contributed by atoms with Crippen molar-refractivity contribution in [2.24, 2.45) is 0 Å². The summed E-state index contributed by atoms with van der Waals surface area (Å²) in [6.45, 7) is 3.67. The van der Waals surface area contributed by atoms with Crippen molar-refractivity contribution in [3.63, 3.8) is 0 Å². The first-order chi connectivity index (χ1) is 7.92. The molecule has 2 heterocycles. The fourth-order valence-electron chi connectivity index (χ4n) is 2.39. The summed E-state index contributed by atoms with van der Waals surface area (Å²) >= 11 is 0. The predicted molar refractivity (Wildman–Crippen MR) is 65.5 cm³/mol. The average molecular weight is 215 g/mol. The number of para-hydroxylation sites is 2. The summed E-state index contributed by atoms with van der Waals surface area (Å²) in [5, 5.41) is 0. The van der Waals surface area contributed by atoms with E-state index < -0.39 is 0 Å². The van der Waals surface area contributed by atoms with Crippen molar-refractivity contribution in [3.05, 3.63) is 30.1 Å². The number of nitrogens with one attached hydrogen (secondary N) is 1. The minimum atomic E-state index is 1.04.